The van der Waals surface area contributed by atoms with E-state index >= 15 is 0 Å². The lowest BCUT2D eigenvalue weighted by Crippen LogP contribution is -2.29. The van der Waals surface area contributed by atoms with Crippen LogP contribution in [0.1, 0.15) is 18.2 Å². The molecule has 4 heterocycles. The van der Waals surface area contributed by atoms with E-state index in [1.165, 1.54) is 24.7 Å². The Kier molecular flexibility index (Phi) is 5.51. The minimum absolute atomic E-state index is 0.00943. The van der Waals surface area contributed by atoms with Gasteiger partial charge in [0.25, 0.3) is 0 Å². The third kappa shape index (κ3) is 3.98. The molecule has 9 nitrogen and oxygen atoms in total. The van der Waals surface area contributed by atoms with Crippen molar-refractivity contribution in [2.75, 3.05) is 11.4 Å². The highest BCUT2D eigenvalue weighted by molar-refractivity contribution is 6.16. The molecule has 5 rings (SSSR count). The van der Waals surface area contributed by atoms with Gasteiger partial charge in [-0.1, -0.05) is 0 Å². The molecule has 0 bridgehead atoms. The Labute approximate surface area is 205 Å². The van der Waals surface area contributed by atoms with Crippen LogP contribution in [-0.2, 0) is 6.18 Å². The van der Waals surface area contributed by atoms with Crippen molar-refractivity contribution >= 4 is 33.7 Å². The molecule has 1 aromatic carbocycles. The molecule has 5 aromatic rings. The molecule has 0 saturated carbocycles. The lowest BCUT2D eigenvalue weighted by Gasteiger charge is -2.18. The number of aromatic nitrogens is 5. The first-order valence-electron chi connectivity index (χ1n) is 10.8. The van der Waals surface area contributed by atoms with Crippen LogP contribution < -0.4 is 4.90 Å². The van der Waals surface area contributed by atoms with Crippen molar-refractivity contribution in [3.8, 4) is 22.9 Å². The second kappa shape index (κ2) is 8.59. The first-order valence-corrected chi connectivity index (χ1v) is 10.8. The van der Waals surface area contributed by atoms with Gasteiger partial charge in [-0.15, -0.1) is 0 Å². The Morgan fingerprint density at radius 3 is 2.68 bits per heavy atom. The number of aromatic amines is 1. The number of hydrogen-bond acceptors (Lipinski definition) is 5. The van der Waals surface area contributed by atoms with Crippen LogP contribution in [0.5, 0.6) is 0 Å². The third-order valence-corrected chi connectivity index (χ3v) is 5.77. The van der Waals surface area contributed by atoms with Crippen molar-refractivity contribution < 1.29 is 27.5 Å². The van der Waals surface area contributed by atoms with Crippen LogP contribution >= 0.6 is 0 Å². The van der Waals surface area contributed by atoms with Gasteiger partial charge in [0.2, 0.25) is 0 Å². The molecule has 0 fully saturated rings. The summed E-state index contributed by atoms with van der Waals surface area (Å²) in [6.45, 7) is 1.59. The number of nitrogens with zero attached hydrogens (tertiary/aromatic N) is 6. The van der Waals surface area contributed by atoms with E-state index in [2.05, 4.69) is 20.1 Å². The summed E-state index contributed by atoms with van der Waals surface area (Å²) < 4.78 is 56.0. The number of nitrogens with one attached hydrogen (secondary N) is 1. The van der Waals surface area contributed by atoms with Crippen LogP contribution in [0.3, 0.4) is 0 Å². The lowest BCUT2D eigenvalue weighted by atomic mass is 10.0. The summed E-state index contributed by atoms with van der Waals surface area (Å²) in [7, 11) is 0. The van der Waals surface area contributed by atoms with E-state index in [0.29, 0.717) is 5.56 Å². The van der Waals surface area contributed by atoms with Crippen molar-refractivity contribution in [1.29, 1.82) is 5.26 Å². The zero-order chi connectivity index (χ0) is 26.5. The molecule has 0 radical (unpaired) electrons. The van der Waals surface area contributed by atoms with Gasteiger partial charge in [-0.05, 0) is 31.2 Å². The number of fused-ring (bicyclic) bond motifs is 3. The van der Waals surface area contributed by atoms with Gasteiger partial charge in [0.15, 0.2) is 5.69 Å². The van der Waals surface area contributed by atoms with Gasteiger partial charge in [0.05, 0.1) is 27.8 Å². The maximum Gasteiger partial charge on any atom is 0.435 e. The highest BCUT2D eigenvalue weighted by Gasteiger charge is 2.34. The van der Waals surface area contributed by atoms with Crippen molar-refractivity contribution in [2.24, 2.45) is 0 Å². The van der Waals surface area contributed by atoms with E-state index in [1.54, 1.807) is 6.92 Å². The average Bonchev–Trinajstić information content (AvgIpc) is 3.49. The molecule has 4 aromatic heterocycles. The van der Waals surface area contributed by atoms with Gasteiger partial charge in [-0.25, -0.2) is 18.9 Å². The summed E-state index contributed by atoms with van der Waals surface area (Å²) in [5, 5.41) is 23.0. The van der Waals surface area contributed by atoms with Gasteiger partial charge in [-0.3, -0.25) is 9.88 Å². The molecule has 0 aliphatic carbocycles. The zero-order valence-corrected chi connectivity index (χ0v) is 18.9. The van der Waals surface area contributed by atoms with E-state index in [9.17, 15) is 32.7 Å². The van der Waals surface area contributed by atoms with Crippen LogP contribution in [0, 0.1) is 17.1 Å². The van der Waals surface area contributed by atoms with Gasteiger partial charge < -0.3 is 10.1 Å². The van der Waals surface area contributed by atoms with E-state index in [-0.39, 0.29) is 51.0 Å². The molecule has 0 aliphatic rings. The number of amides is 1. The molecule has 0 saturated heterocycles. The Bertz CT molecular complexity index is 1730. The molecule has 0 unspecified atom stereocenters. The molecule has 0 atom stereocenters. The number of carbonyl (C=O) groups is 1. The van der Waals surface area contributed by atoms with Gasteiger partial charge in [0.1, 0.15) is 17.5 Å². The first-order chi connectivity index (χ1) is 17.6. The zero-order valence-electron chi connectivity index (χ0n) is 18.9. The molecule has 1 amide bonds. The number of anilines is 1. The van der Waals surface area contributed by atoms with Gasteiger partial charge >= 0.3 is 12.3 Å². The number of nitriles is 1. The minimum atomic E-state index is -4.72. The summed E-state index contributed by atoms with van der Waals surface area (Å²) in [5.41, 5.74) is 0.188. The Morgan fingerprint density at radius 2 is 2.03 bits per heavy atom. The fourth-order valence-electron chi connectivity index (χ4n) is 4.21. The van der Waals surface area contributed by atoms with E-state index in [4.69, 9.17) is 0 Å². The van der Waals surface area contributed by atoms with E-state index in [0.717, 1.165) is 34.0 Å². The number of alkyl halides is 3. The molecule has 186 valence electrons. The number of halogens is 4. The highest BCUT2D eigenvalue weighted by atomic mass is 19.4. The lowest BCUT2D eigenvalue weighted by molar-refractivity contribution is -0.141. The van der Waals surface area contributed by atoms with E-state index < -0.39 is 23.8 Å². The largest absolute Gasteiger partial charge is 0.465 e. The van der Waals surface area contributed by atoms with Crippen LogP contribution in [0.25, 0.3) is 38.8 Å². The third-order valence-electron chi connectivity index (χ3n) is 5.77. The van der Waals surface area contributed by atoms with Gasteiger partial charge in [-0.2, -0.15) is 23.5 Å². The number of pyridine rings is 2. The van der Waals surface area contributed by atoms with E-state index in [1.807, 2.05) is 6.07 Å². The van der Waals surface area contributed by atoms with Crippen LogP contribution in [0.15, 0.2) is 49.1 Å². The summed E-state index contributed by atoms with van der Waals surface area (Å²) in [6, 6.07) is 6.42. The van der Waals surface area contributed by atoms with Gasteiger partial charge in [0, 0.05) is 47.8 Å². The Hall–Kier alpha value is -4.99. The minimum Gasteiger partial charge on any atom is -0.465 e. The normalized spacial score (nSPS) is 11.7. The molecule has 37 heavy (non-hydrogen) atoms. The van der Waals surface area contributed by atoms with Crippen molar-refractivity contribution in [2.45, 2.75) is 13.1 Å². The van der Waals surface area contributed by atoms with Crippen LogP contribution in [0.4, 0.5) is 28.0 Å². The summed E-state index contributed by atoms with van der Waals surface area (Å²) in [5.74, 6) is -0.760. The topological polar surface area (TPSA) is 124 Å². The number of carboxylic acid groups (broad SMARTS) is 1. The standard InChI is InChI=1S/C24H15F4N7O2/c1-2-34(23(36)37)17-7-14(25)6-15-19-21(35-4-3-18(33-35)24(26,27)28)16(11-31-22(19)32-20(15)17)13-5-12(8-29)9-30-10-13/h3-7,9-11H,2H2,1H3,(H,31,32)(H,36,37). The fourth-order valence-corrected chi connectivity index (χ4v) is 4.21. The second-order valence-corrected chi connectivity index (χ2v) is 7.96. The molecule has 0 spiro atoms. The molecule has 0 aliphatic heterocycles. The highest BCUT2D eigenvalue weighted by Crippen LogP contribution is 2.40. The van der Waals surface area contributed by atoms with Crippen molar-refractivity contribution in [3.63, 3.8) is 0 Å². The summed E-state index contributed by atoms with van der Waals surface area (Å²) in [4.78, 5) is 24.1. The Morgan fingerprint density at radius 1 is 1.24 bits per heavy atom. The number of hydrogen-bond donors (Lipinski definition) is 2. The quantitative estimate of drug-likeness (QED) is 0.309. The first kappa shape index (κ1) is 23.7. The van der Waals surface area contributed by atoms with Crippen LogP contribution in [-0.4, -0.2) is 42.5 Å². The van der Waals surface area contributed by atoms with Crippen molar-refractivity contribution in [1.82, 2.24) is 24.7 Å². The fraction of sp³-hybridized carbons (Fsp3) is 0.125. The van der Waals surface area contributed by atoms with Crippen molar-refractivity contribution in [3.05, 3.63) is 66.1 Å². The maximum atomic E-state index is 14.8. The second-order valence-electron chi connectivity index (χ2n) is 7.96. The predicted molar refractivity (Wildman–Crippen MR) is 125 cm³/mol. The SMILES string of the molecule is CCN(C(=O)O)c1cc(F)cc2c1[nH]c1ncc(-c3cncc(C#N)c3)c(-n3ccc(C(F)(F)F)n3)c12. The Balaban J connectivity index is 1.92. The number of H-pyrrole nitrogens is 1. The van der Waals surface area contributed by atoms with Crippen LogP contribution in [0.2, 0.25) is 0 Å². The average molecular weight is 509 g/mol. The summed E-state index contributed by atoms with van der Waals surface area (Å²) in [6.07, 6.45) is -0.831. The maximum absolute atomic E-state index is 14.8. The molecule has 2 N–H and O–H groups in total. The number of rotatable bonds is 4. The molecular formula is C24H15F4N7O2. The molecule has 13 heteroatoms. The molecular weight excluding hydrogens is 494 g/mol. The monoisotopic (exact) mass is 509 g/mol. The smallest absolute Gasteiger partial charge is 0.435 e. The summed E-state index contributed by atoms with van der Waals surface area (Å²) >= 11 is 0. The predicted octanol–water partition coefficient (Wildman–Crippen LogP) is 5.50. The number of benzene rings is 1.